The highest BCUT2D eigenvalue weighted by Crippen LogP contribution is 2.38. The molecule has 1 aliphatic carbocycles. The van der Waals surface area contributed by atoms with Crippen molar-refractivity contribution in [1.82, 2.24) is 4.98 Å². The molecule has 0 radical (unpaired) electrons. The Kier molecular flexibility index (Phi) is 4.77. The Labute approximate surface area is 203 Å². The predicted molar refractivity (Wildman–Crippen MR) is 142 cm³/mol. The normalized spacial score (nSPS) is 15.3. The average Bonchev–Trinajstić information content (AvgIpc) is 3.34. The van der Waals surface area contributed by atoms with Gasteiger partial charge in [-0.05, 0) is 80.1 Å². The molecule has 4 aromatic rings. The molecule has 0 bridgehead atoms. The van der Waals surface area contributed by atoms with Crippen molar-refractivity contribution < 1.29 is 0 Å². The second-order valence-corrected chi connectivity index (χ2v) is 10.2. The summed E-state index contributed by atoms with van der Waals surface area (Å²) >= 11 is 3.67. The quantitative estimate of drug-likeness (QED) is 0.295. The lowest BCUT2D eigenvalue weighted by Gasteiger charge is -2.15. The number of aromatic amines is 1. The van der Waals surface area contributed by atoms with Crippen LogP contribution in [0.2, 0.25) is 0 Å². The van der Waals surface area contributed by atoms with Gasteiger partial charge in [-0.25, -0.2) is 4.99 Å². The zero-order chi connectivity index (χ0) is 22.7. The molecule has 0 saturated heterocycles. The summed E-state index contributed by atoms with van der Waals surface area (Å²) in [6.07, 6.45) is 4.38. The number of nitrogens with one attached hydrogen (secondary N) is 1. The van der Waals surface area contributed by atoms with E-state index in [0.717, 1.165) is 34.4 Å². The van der Waals surface area contributed by atoms with Gasteiger partial charge in [-0.2, -0.15) is 0 Å². The smallest absolute Gasteiger partial charge is 0.0794 e. The van der Waals surface area contributed by atoms with E-state index in [1.165, 1.54) is 55.8 Å². The summed E-state index contributed by atoms with van der Waals surface area (Å²) in [7, 11) is 0. The van der Waals surface area contributed by atoms with Gasteiger partial charge in [-0.15, -0.1) is 0 Å². The molecule has 2 aliphatic rings. The zero-order valence-electron chi connectivity index (χ0n) is 19.1. The molecule has 33 heavy (non-hydrogen) atoms. The number of fused-ring (bicyclic) bond motifs is 4. The minimum absolute atomic E-state index is 1.01. The van der Waals surface area contributed by atoms with E-state index in [-0.39, 0.29) is 0 Å². The number of nitrogens with zero attached hydrogens (tertiary/aromatic N) is 1. The fourth-order valence-electron chi connectivity index (χ4n) is 5.47. The molecule has 0 spiro atoms. The summed E-state index contributed by atoms with van der Waals surface area (Å²) in [4.78, 5) is 8.89. The molecule has 3 aromatic carbocycles. The lowest BCUT2D eigenvalue weighted by molar-refractivity contribution is 0.942. The Morgan fingerprint density at radius 2 is 1.58 bits per heavy atom. The van der Waals surface area contributed by atoms with Crippen LogP contribution in [-0.4, -0.2) is 10.7 Å². The van der Waals surface area contributed by atoms with E-state index in [2.05, 4.69) is 108 Å². The lowest BCUT2D eigenvalue weighted by atomic mass is 9.90. The molecule has 0 atom stereocenters. The van der Waals surface area contributed by atoms with E-state index in [1.54, 1.807) is 0 Å². The summed E-state index contributed by atoms with van der Waals surface area (Å²) in [5, 5.41) is 0. The van der Waals surface area contributed by atoms with Crippen molar-refractivity contribution in [1.29, 1.82) is 0 Å². The van der Waals surface area contributed by atoms with Crippen molar-refractivity contribution in [2.75, 3.05) is 0 Å². The number of rotatable bonds is 2. The molecular formula is C30H25BrN2. The van der Waals surface area contributed by atoms with Gasteiger partial charge in [0.2, 0.25) is 0 Å². The Morgan fingerprint density at radius 1 is 0.818 bits per heavy atom. The summed E-state index contributed by atoms with van der Waals surface area (Å²) in [6, 6.07) is 22.0. The van der Waals surface area contributed by atoms with Gasteiger partial charge in [-0.3, -0.25) is 0 Å². The molecule has 0 fully saturated rings. The highest BCUT2D eigenvalue weighted by molar-refractivity contribution is 9.10. The van der Waals surface area contributed by atoms with Crippen LogP contribution in [0.3, 0.4) is 0 Å². The maximum atomic E-state index is 5.20. The van der Waals surface area contributed by atoms with Crippen LogP contribution in [0.25, 0.3) is 23.0 Å². The van der Waals surface area contributed by atoms with Gasteiger partial charge in [0, 0.05) is 38.1 Å². The number of benzene rings is 3. The van der Waals surface area contributed by atoms with Crippen LogP contribution in [-0.2, 0) is 12.8 Å². The molecule has 1 aromatic heterocycles. The van der Waals surface area contributed by atoms with Gasteiger partial charge in [-0.1, -0.05) is 64.0 Å². The Bertz CT molecular complexity index is 1480. The molecule has 0 amide bonds. The Morgan fingerprint density at radius 3 is 2.39 bits per heavy atom. The van der Waals surface area contributed by atoms with Crippen molar-refractivity contribution in [2.45, 2.75) is 33.6 Å². The number of hydrogen-bond donors (Lipinski definition) is 1. The predicted octanol–water partition coefficient (Wildman–Crippen LogP) is 7.82. The molecular weight excluding hydrogens is 468 g/mol. The summed E-state index contributed by atoms with van der Waals surface area (Å²) in [5.41, 5.74) is 16.0. The third-order valence-corrected chi connectivity index (χ3v) is 7.31. The topological polar surface area (TPSA) is 28.1 Å². The van der Waals surface area contributed by atoms with Crippen molar-refractivity contribution in [3.8, 4) is 11.3 Å². The molecule has 6 rings (SSSR count). The zero-order valence-corrected chi connectivity index (χ0v) is 20.7. The Balaban J connectivity index is 1.50. The average molecular weight is 493 g/mol. The summed E-state index contributed by atoms with van der Waals surface area (Å²) in [6.45, 7) is 6.53. The van der Waals surface area contributed by atoms with Gasteiger partial charge >= 0.3 is 0 Å². The van der Waals surface area contributed by atoms with Crippen LogP contribution < -0.4 is 0 Å². The van der Waals surface area contributed by atoms with Crippen molar-refractivity contribution >= 4 is 33.4 Å². The van der Waals surface area contributed by atoms with E-state index < -0.39 is 0 Å². The first-order valence-electron chi connectivity index (χ1n) is 11.5. The number of aromatic nitrogens is 1. The van der Waals surface area contributed by atoms with Crippen LogP contribution in [0.5, 0.6) is 0 Å². The fourth-order valence-corrected chi connectivity index (χ4v) is 5.83. The van der Waals surface area contributed by atoms with E-state index >= 15 is 0 Å². The molecule has 0 unspecified atom stereocenters. The van der Waals surface area contributed by atoms with E-state index in [9.17, 15) is 0 Å². The molecule has 1 N–H and O–H groups in total. The number of halogens is 1. The highest BCUT2D eigenvalue weighted by atomic mass is 79.9. The second-order valence-electron chi connectivity index (χ2n) is 9.24. The second kappa shape index (κ2) is 7.71. The van der Waals surface area contributed by atoms with Gasteiger partial charge in [0.25, 0.3) is 0 Å². The van der Waals surface area contributed by atoms with Crippen molar-refractivity contribution in [3.05, 3.63) is 115 Å². The number of aliphatic imine (C=N–C) groups is 1. The number of H-pyrrole nitrogens is 1. The fraction of sp³-hybridized carbons (Fsp3) is 0.167. The number of hydrogen-bond acceptors (Lipinski definition) is 1. The maximum Gasteiger partial charge on any atom is 0.0794 e. The molecule has 3 heteroatoms. The van der Waals surface area contributed by atoms with Crippen LogP contribution in [0, 0.1) is 20.8 Å². The first kappa shape index (κ1) is 20.4. The molecule has 1 aliphatic heterocycles. The van der Waals surface area contributed by atoms with Crippen LogP contribution in [0.1, 0.15) is 50.2 Å². The minimum Gasteiger partial charge on any atom is -0.355 e. The van der Waals surface area contributed by atoms with E-state index in [4.69, 9.17) is 4.99 Å². The Hall–Kier alpha value is -3.17. The van der Waals surface area contributed by atoms with Gasteiger partial charge in [0.15, 0.2) is 0 Å². The van der Waals surface area contributed by atoms with Crippen LogP contribution in [0.4, 0.5) is 0 Å². The van der Waals surface area contributed by atoms with E-state index in [1.807, 2.05) is 0 Å². The highest BCUT2D eigenvalue weighted by Gasteiger charge is 2.25. The summed E-state index contributed by atoms with van der Waals surface area (Å²) in [5.74, 6) is 0. The monoisotopic (exact) mass is 492 g/mol. The lowest BCUT2D eigenvalue weighted by Crippen LogP contribution is -2.06. The largest absolute Gasteiger partial charge is 0.355 e. The molecule has 2 heterocycles. The molecule has 0 saturated carbocycles. The first-order valence-corrected chi connectivity index (χ1v) is 12.3. The SMILES string of the molecule is Cc1cc(C)c(C2=NC(=Cc3cc4c([nH]3)-c3ccccc3CC4)c3ccc(Br)cc32)c(C)c1. The standard InChI is InChI=1S/C30H25BrN2/c1-17-12-18(2)28(19(3)13-17)30-26-15-22(31)10-11-25(26)27(33-30)16-23-14-21-9-8-20-6-4-5-7-24(20)29(21)32-23/h4-7,10-16,32H,8-9H2,1-3H3. The van der Waals surface area contributed by atoms with Gasteiger partial charge in [0.1, 0.15) is 0 Å². The molecule has 162 valence electrons. The third-order valence-electron chi connectivity index (χ3n) is 6.82. The van der Waals surface area contributed by atoms with Crippen molar-refractivity contribution in [3.63, 3.8) is 0 Å². The third kappa shape index (κ3) is 3.43. The maximum absolute atomic E-state index is 5.20. The van der Waals surface area contributed by atoms with Crippen molar-refractivity contribution in [2.24, 2.45) is 4.99 Å². The minimum atomic E-state index is 1.01. The molecule has 2 nitrogen and oxygen atoms in total. The summed E-state index contributed by atoms with van der Waals surface area (Å²) < 4.78 is 1.07. The first-order chi connectivity index (χ1) is 16.0. The van der Waals surface area contributed by atoms with Gasteiger partial charge < -0.3 is 4.98 Å². The number of aryl methyl sites for hydroxylation is 5. The van der Waals surface area contributed by atoms with Gasteiger partial charge in [0.05, 0.1) is 11.4 Å². The van der Waals surface area contributed by atoms with Crippen LogP contribution >= 0.6 is 15.9 Å². The van der Waals surface area contributed by atoms with Crippen LogP contribution in [0.15, 0.2) is 70.1 Å². The van der Waals surface area contributed by atoms with E-state index in [0.29, 0.717) is 0 Å².